The van der Waals surface area contributed by atoms with Crippen LogP contribution in [0, 0.1) is 11.3 Å². The number of benzene rings is 2. The molecule has 6 nitrogen and oxygen atoms in total. The molecule has 2 amide bonds. The number of nitrogens with one attached hydrogen (secondary N) is 1. The summed E-state index contributed by atoms with van der Waals surface area (Å²) in [6, 6.07) is 17.5. The zero-order valence-electron chi connectivity index (χ0n) is 16.9. The Kier molecular flexibility index (Phi) is 5.28. The van der Waals surface area contributed by atoms with E-state index in [4.69, 9.17) is 4.74 Å². The van der Waals surface area contributed by atoms with E-state index in [0.29, 0.717) is 24.4 Å². The number of amides is 2. The maximum atomic E-state index is 12.9. The molecule has 29 heavy (non-hydrogen) atoms. The van der Waals surface area contributed by atoms with Crippen LogP contribution in [0.2, 0.25) is 0 Å². The molecule has 1 spiro atoms. The normalized spacial score (nSPS) is 20.3. The largest absolute Gasteiger partial charge is 0.497 e. The number of hydrogen-bond acceptors (Lipinski definition) is 4. The molecule has 0 bridgehead atoms. The predicted octanol–water partition coefficient (Wildman–Crippen LogP) is 2.02. The highest BCUT2D eigenvalue weighted by Gasteiger charge is 2.57. The molecule has 2 fully saturated rings. The maximum Gasteiger partial charge on any atom is 0.254 e. The third kappa shape index (κ3) is 3.72. The van der Waals surface area contributed by atoms with Crippen molar-refractivity contribution in [1.29, 1.82) is 0 Å². The first-order valence-electron chi connectivity index (χ1n) is 9.96. The van der Waals surface area contributed by atoms with Gasteiger partial charge in [-0.2, -0.15) is 0 Å². The molecule has 2 aliphatic heterocycles. The first-order chi connectivity index (χ1) is 14.0. The minimum atomic E-state index is -0.177. The first kappa shape index (κ1) is 19.5. The Morgan fingerprint density at radius 3 is 2.55 bits per heavy atom. The topological polar surface area (TPSA) is 61.9 Å². The smallest absolute Gasteiger partial charge is 0.254 e. The summed E-state index contributed by atoms with van der Waals surface area (Å²) in [5, 5.41) is 2.82. The number of methoxy groups -OCH3 is 1. The molecule has 6 heteroatoms. The van der Waals surface area contributed by atoms with Crippen LogP contribution in [0.25, 0.3) is 0 Å². The number of hydrogen-bond donors (Lipinski definition) is 1. The zero-order chi connectivity index (χ0) is 20.4. The fraction of sp³-hybridized carbons (Fsp3) is 0.391. The number of likely N-dealkylation sites (tertiary alicyclic amines) is 2. The highest BCUT2D eigenvalue weighted by atomic mass is 16.5. The van der Waals surface area contributed by atoms with E-state index in [1.54, 1.807) is 20.2 Å². The second-order valence-corrected chi connectivity index (χ2v) is 8.08. The van der Waals surface area contributed by atoms with Crippen molar-refractivity contribution in [3.05, 3.63) is 65.7 Å². The highest BCUT2D eigenvalue weighted by molar-refractivity contribution is 5.95. The van der Waals surface area contributed by atoms with Crippen molar-refractivity contribution < 1.29 is 14.3 Å². The van der Waals surface area contributed by atoms with Gasteiger partial charge in [0.25, 0.3) is 5.91 Å². The van der Waals surface area contributed by atoms with Gasteiger partial charge < -0.3 is 15.0 Å². The van der Waals surface area contributed by atoms with E-state index in [0.717, 1.165) is 19.6 Å². The summed E-state index contributed by atoms with van der Waals surface area (Å²) in [5.41, 5.74) is 1.68. The molecule has 2 saturated heterocycles. The van der Waals surface area contributed by atoms with Gasteiger partial charge in [0.2, 0.25) is 5.91 Å². The molecule has 2 aliphatic rings. The Morgan fingerprint density at radius 2 is 1.86 bits per heavy atom. The Labute approximate surface area is 171 Å². The molecule has 4 rings (SSSR count). The third-order valence-electron chi connectivity index (χ3n) is 6.15. The second-order valence-electron chi connectivity index (χ2n) is 8.08. The van der Waals surface area contributed by atoms with Crippen molar-refractivity contribution in [2.45, 2.75) is 6.54 Å². The van der Waals surface area contributed by atoms with E-state index >= 15 is 0 Å². The zero-order valence-corrected chi connectivity index (χ0v) is 16.9. The molecule has 0 aromatic heterocycles. The molecule has 2 aromatic rings. The van der Waals surface area contributed by atoms with Gasteiger partial charge in [-0.15, -0.1) is 0 Å². The summed E-state index contributed by atoms with van der Waals surface area (Å²) in [7, 11) is 3.28. The van der Waals surface area contributed by atoms with Crippen LogP contribution in [-0.2, 0) is 11.3 Å². The van der Waals surface area contributed by atoms with E-state index < -0.39 is 0 Å². The molecule has 2 aromatic carbocycles. The van der Waals surface area contributed by atoms with Crippen molar-refractivity contribution >= 4 is 11.8 Å². The highest BCUT2D eigenvalue weighted by Crippen LogP contribution is 2.45. The second kappa shape index (κ2) is 7.87. The number of ether oxygens (including phenoxy) is 1. The van der Waals surface area contributed by atoms with Gasteiger partial charge in [-0.05, 0) is 23.8 Å². The van der Waals surface area contributed by atoms with Gasteiger partial charge in [0.05, 0.1) is 13.0 Å². The number of carbonyl (C=O) groups excluding carboxylic acids is 2. The molecule has 1 unspecified atom stereocenters. The molecule has 152 valence electrons. The Morgan fingerprint density at radius 1 is 1.10 bits per heavy atom. The van der Waals surface area contributed by atoms with E-state index in [1.165, 1.54) is 5.56 Å². The minimum absolute atomic E-state index is 0.00769. The van der Waals surface area contributed by atoms with Gasteiger partial charge in [-0.1, -0.05) is 36.4 Å². The summed E-state index contributed by atoms with van der Waals surface area (Å²) in [4.78, 5) is 29.7. The lowest BCUT2D eigenvalue weighted by Gasteiger charge is -2.50. The summed E-state index contributed by atoms with van der Waals surface area (Å²) < 4.78 is 5.23. The van der Waals surface area contributed by atoms with Gasteiger partial charge in [-0.25, -0.2) is 0 Å². The predicted molar refractivity (Wildman–Crippen MR) is 111 cm³/mol. The van der Waals surface area contributed by atoms with Crippen LogP contribution >= 0.6 is 0 Å². The monoisotopic (exact) mass is 393 g/mol. The molecular formula is C23H27N3O3. The average Bonchev–Trinajstić information content (AvgIpc) is 3.11. The Balaban J connectivity index is 1.47. The van der Waals surface area contributed by atoms with Crippen LogP contribution in [0.15, 0.2) is 54.6 Å². The summed E-state index contributed by atoms with van der Waals surface area (Å²) in [5.74, 6) is 0.621. The average molecular weight is 393 g/mol. The van der Waals surface area contributed by atoms with E-state index in [9.17, 15) is 9.59 Å². The molecule has 0 aliphatic carbocycles. The van der Waals surface area contributed by atoms with Crippen molar-refractivity contribution in [2.75, 3.05) is 40.3 Å². The van der Waals surface area contributed by atoms with Crippen LogP contribution in [0.1, 0.15) is 15.9 Å². The summed E-state index contributed by atoms with van der Waals surface area (Å²) >= 11 is 0. The van der Waals surface area contributed by atoms with E-state index in [1.807, 2.05) is 41.3 Å². The quantitative estimate of drug-likeness (QED) is 0.844. The van der Waals surface area contributed by atoms with Gasteiger partial charge in [0.1, 0.15) is 5.75 Å². The molecule has 0 radical (unpaired) electrons. The van der Waals surface area contributed by atoms with Crippen LogP contribution in [0.3, 0.4) is 0 Å². The lowest BCUT2D eigenvalue weighted by atomic mass is 9.71. The number of carbonyl (C=O) groups is 2. The van der Waals surface area contributed by atoms with Crippen LogP contribution in [0.4, 0.5) is 0 Å². The van der Waals surface area contributed by atoms with Crippen molar-refractivity contribution in [1.82, 2.24) is 15.1 Å². The van der Waals surface area contributed by atoms with Gasteiger partial charge in [-0.3, -0.25) is 14.5 Å². The van der Waals surface area contributed by atoms with E-state index in [-0.39, 0.29) is 23.1 Å². The number of nitrogens with zero attached hydrogens (tertiary/aromatic N) is 2. The van der Waals surface area contributed by atoms with Crippen molar-refractivity contribution in [3.8, 4) is 5.75 Å². The minimum Gasteiger partial charge on any atom is -0.497 e. The fourth-order valence-electron chi connectivity index (χ4n) is 4.69. The molecule has 1 N–H and O–H groups in total. The lowest BCUT2D eigenvalue weighted by molar-refractivity contribution is -0.130. The maximum absolute atomic E-state index is 12.9. The van der Waals surface area contributed by atoms with Gasteiger partial charge >= 0.3 is 0 Å². The van der Waals surface area contributed by atoms with Gasteiger partial charge in [0, 0.05) is 50.7 Å². The summed E-state index contributed by atoms with van der Waals surface area (Å²) in [6.07, 6.45) is 0. The van der Waals surface area contributed by atoms with Crippen LogP contribution in [-0.4, -0.2) is 62.0 Å². The lowest BCUT2D eigenvalue weighted by Crippen LogP contribution is -2.63. The fourth-order valence-corrected chi connectivity index (χ4v) is 4.69. The molecule has 2 heterocycles. The number of rotatable bonds is 5. The standard InChI is InChI=1S/C23H27N3O3/c1-24-21(27)20-13-25(12-17-7-4-3-5-8-17)14-23(20)15-26(16-23)22(28)18-9-6-10-19(11-18)29-2/h3-11,20H,12-16H2,1-2H3,(H,24,27). The molecular weight excluding hydrogens is 366 g/mol. The first-order valence-corrected chi connectivity index (χ1v) is 9.96. The van der Waals surface area contributed by atoms with Crippen molar-refractivity contribution in [3.63, 3.8) is 0 Å². The summed E-state index contributed by atoms with van der Waals surface area (Å²) in [6.45, 7) is 3.57. The SMILES string of the molecule is CNC(=O)C1CN(Cc2ccccc2)CC12CN(C(=O)c1cccc(OC)c1)C2. The third-order valence-corrected chi connectivity index (χ3v) is 6.15. The van der Waals surface area contributed by atoms with E-state index in [2.05, 4.69) is 22.3 Å². The Bertz CT molecular complexity index is 893. The Hall–Kier alpha value is -2.86. The molecule has 0 saturated carbocycles. The van der Waals surface area contributed by atoms with Crippen molar-refractivity contribution in [2.24, 2.45) is 11.3 Å². The van der Waals surface area contributed by atoms with Crippen LogP contribution in [0.5, 0.6) is 5.75 Å². The van der Waals surface area contributed by atoms with Crippen LogP contribution < -0.4 is 10.1 Å². The van der Waals surface area contributed by atoms with Gasteiger partial charge in [0.15, 0.2) is 0 Å². The molecule has 1 atom stereocenters.